The first-order valence-corrected chi connectivity index (χ1v) is 13.5. The zero-order chi connectivity index (χ0) is 28.6. The van der Waals surface area contributed by atoms with Gasteiger partial charge in [0.1, 0.15) is 23.2 Å². The number of benzene rings is 1. The number of hydrogen-bond donors (Lipinski definition) is 5. The van der Waals surface area contributed by atoms with E-state index >= 15 is 0 Å². The number of nitrogens with zero attached hydrogens (tertiary/aromatic N) is 6. The third-order valence-corrected chi connectivity index (χ3v) is 7.53. The number of nitrogen functional groups attached to an aromatic ring is 1. The molecule has 0 aliphatic carbocycles. The van der Waals surface area contributed by atoms with Crippen LogP contribution in [0, 0.1) is 17.7 Å². The maximum atomic E-state index is 12.9. The quantitative estimate of drug-likeness (QED) is 0.238. The van der Waals surface area contributed by atoms with Crippen LogP contribution < -0.4 is 27.0 Å². The van der Waals surface area contributed by atoms with Crippen molar-refractivity contribution in [2.45, 2.75) is 46.6 Å². The fraction of sp³-hybridized carbons (Fsp3) is 0.429. The summed E-state index contributed by atoms with van der Waals surface area (Å²) in [4.78, 5) is 35.9. The molecule has 0 spiro atoms. The molecule has 12 heteroatoms. The number of amides is 1. The lowest BCUT2D eigenvalue weighted by Crippen LogP contribution is -2.50. The van der Waals surface area contributed by atoms with Crippen molar-refractivity contribution >= 4 is 46.0 Å². The third-order valence-electron chi connectivity index (χ3n) is 7.53. The SMILES string of the molecule is Cc1ccc(C(=O)NC(=N)C=C(N)C(C)(C)C)cc1Nc1ncnc2c(N)nc(N3CCN4CCCC4C3)nc12. The van der Waals surface area contributed by atoms with Crippen LogP contribution >= 0.6 is 0 Å². The lowest BCUT2D eigenvalue weighted by Gasteiger charge is -2.37. The average Bonchev–Trinajstić information content (AvgIpc) is 3.37. The predicted octanol–water partition coefficient (Wildman–Crippen LogP) is 2.93. The molecule has 2 aliphatic rings. The smallest absolute Gasteiger partial charge is 0.256 e. The number of hydrogen-bond acceptors (Lipinski definition) is 11. The minimum atomic E-state index is -0.418. The molecule has 2 fully saturated rings. The summed E-state index contributed by atoms with van der Waals surface area (Å²) in [5.74, 6) is 0.839. The molecule has 40 heavy (non-hydrogen) atoms. The Morgan fingerprint density at radius 2 is 1.95 bits per heavy atom. The third kappa shape index (κ3) is 5.67. The molecule has 7 N–H and O–H groups in total. The van der Waals surface area contributed by atoms with Gasteiger partial charge in [-0.15, -0.1) is 0 Å². The van der Waals surface area contributed by atoms with Gasteiger partial charge in [0, 0.05) is 48.0 Å². The van der Waals surface area contributed by atoms with Gasteiger partial charge in [-0.2, -0.15) is 4.98 Å². The zero-order valence-electron chi connectivity index (χ0n) is 23.5. The summed E-state index contributed by atoms with van der Waals surface area (Å²) >= 11 is 0. The Hall–Kier alpha value is -4.32. The Kier molecular flexibility index (Phi) is 7.28. The standard InChI is InChI=1S/C28H37N11O/c1-16-7-8-17(26(40)35-21(30)13-20(29)28(2,3)4)12-19(16)34-25-23-22(32-15-33-25)24(31)37-27(36-23)39-11-10-38-9-5-6-18(38)14-39/h7-8,12-13,15,18H,5-6,9-11,14,29H2,1-4H3,(H2,30,35,40)(H2,31,36,37)(H,32,33,34). The highest BCUT2D eigenvalue weighted by Crippen LogP contribution is 2.30. The molecule has 0 radical (unpaired) electrons. The minimum absolute atomic E-state index is 0.0764. The van der Waals surface area contributed by atoms with Crippen LogP contribution in [0.1, 0.15) is 49.5 Å². The number of rotatable bonds is 5. The number of amidine groups is 1. The van der Waals surface area contributed by atoms with Crippen LogP contribution in [0.5, 0.6) is 0 Å². The lowest BCUT2D eigenvalue weighted by molar-refractivity contribution is 0.0977. The molecule has 5 rings (SSSR count). The number of carbonyl (C=O) groups is 1. The Morgan fingerprint density at radius 3 is 2.73 bits per heavy atom. The number of allylic oxidation sites excluding steroid dienone is 1. The van der Waals surface area contributed by atoms with Gasteiger partial charge in [0.2, 0.25) is 5.95 Å². The number of aryl methyl sites for hydroxylation is 1. The van der Waals surface area contributed by atoms with E-state index in [4.69, 9.17) is 21.9 Å². The Morgan fingerprint density at radius 1 is 1.15 bits per heavy atom. The molecular formula is C28H37N11O. The summed E-state index contributed by atoms with van der Waals surface area (Å²) in [7, 11) is 0. The first kappa shape index (κ1) is 27.3. The fourth-order valence-electron chi connectivity index (χ4n) is 4.99. The molecule has 3 aromatic rings. The van der Waals surface area contributed by atoms with Crippen molar-refractivity contribution in [1.82, 2.24) is 30.2 Å². The molecule has 4 heterocycles. The summed E-state index contributed by atoms with van der Waals surface area (Å²) in [6, 6.07) is 5.77. The molecular weight excluding hydrogens is 506 g/mol. The summed E-state index contributed by atoms with van der Waals surface area (Å²) in [5, 5.41) is 14.1. The van der Waals surface area contributed by atoms with E-state index in [-0.39, 0.29) is 11.3 Å². The van der Waals surface area contributed by atoms with Crippen LogP contribution in [0.25, 0.3) is 11.0 Å². The van der Waals surface area contributed by atoms with Gasteiger partial charge in [0.05, 0.1) is 0 Å². The van der Waals surface area contributed by atoms with Gasteiger partial charge in [-0.3, -0.25) is 15.1 Å². The number of nitrogens with one attached hydrogen (secondary N) is 3. The van der Waals surface area contributed by atoms with Gasteiger partial charge in [-0.1, -0.05) is 26.8 Å². The van der Waals surface area contributed by atoms with Crippen molar-refractivity contribution in [3.05, 3.63) is 47.4 Å². The van der Waals surface area contributed by atoms with Crippen LogP contribution in [0.2, 0.25) is 0 Å². The maximum Gasteiger partial charge on any atom is 0.256 e. The molecule has 2 aliphatic heterocycles. The van der Waals surface area contributed by atoms with Crippen LogP contribution in [-0.2, 0) is 0 Å². The second-order valence-electron chi connectivity index (χ2n) is 11.5. The second-order valence-corrected chi connectivity index (χ2v) is 11.5. The van der Waals surface area contributed by atoms with Gasteiger partial charge in [-0.05, 0) is 50.1 Å². The number of aromatic nitrogens is 4. The Labute approximate surface area is 233 Å². The number of carbonyl (C=O) groups excluding carboxylic acids is 1. The lowest BCUT2D eigenvalue weighted by atomic mass is 9.92. The van der Waals surface area contributed by atoms with Crippen molar-refractivity contribution in [2.24, 2.45) is 11.1 Å². The van der Waals surface area contributed by atoms with E-state index in [1.54, 1.807) is 12.1 Å². The van der Waals surface area contributed by atoms with Gasteiger partial charge in [-0.25, -0.2) is 15.0 Å². The maximum absolute atomic E-state index is 12.9. The monoisotopic (exact) mass is 543 g/mol. The fourth-order valence-corrected chi connectivity index (χ4v) is 4.99. The van der Waals surface area contributed by atoms with Gasteiger partial charge >= 0.3 is 0 Å². The molecule has 210 valence electrons. The molecule has 1 unspecified atom stereocenters. The van der Waals surface area contributed by atoms with E-state index in [0.29, 0.717) is 51.6 Å². The highest BCUT2D eigenvalue weighted by Gasteiger charge is 2.32. The molecule has 1 aromatic carbocycles. The number of anilines is 4. The second kappa shape index (κ2) is 10.7. The number of nitrogens with two attached hydrogens (primary N) is 2. The highest BCUT2D eigenvalue weighted by molar-refractivity contribution is 6.09. The molecule has 0 saturated carbocycles. The Bertz CT molecular complexity index is 1490. The molecule has 2 aromatic heterocycles. The topological polar surface area (TPSA) is 175 Å². The summed E-state index contributed by atoms with van der Waals surface area (Å²) in [6.45, 7) is 11.6. The molecule has 0 bridgehead atoms. The molecule has 1 atom stereocenters. The van der Waals surface area contributed by atoms with Gasteiger partial charge < -0.3 is 27.0 Å². The largest absolute Gasteiger partial charge is 0.401 e. The molecule has 12 nitrogen and oxygen atoms in total. The average molecular weight is 544 g/mol. The first-order chi connectivity index (χ1) is 19.0. The predicted molar refractivity (Wildman–Crippen MR) is 158 cm³/mol. The number of fused-ring (bicyclic) bond motifs is 2. The van der Waals surface area contributed by atoms with Crippen molar-refractivity contribution in [1.29, 1.82) is 5.41 Å². The van der Waals surface area contributed by atoms with Crippen LogP contribution in [0.3, 0.4) is 0 Å². The van der Waals surface area contributed by atoms with Crippen molar-refractivity contribution in [2.75, 3.05) is 42.1 Å². The van der Waals surface area contributed by atoms with E-state index in [0.717, 1.165) is 31.7 Å². The first-order valence-electron chi connectivity index (χ1n) is 13.5. The number of piperazine rings is 1. The van der Waals surface area contributed by atoms with E-state index in [1.165, 1.54) is 25.2 Å². The van der Waals surface area contributed by atoms with E-state index in [9.17, 15) is 4.79 Å². The van der Waals surface area contributed by atoms with Crippen LogP contribution in [0.4, 0.5) is 23.3 Å². The van der Waals surface area contributed by atoms with Crippen molar-refractivity contribution in [3.63, 3.8) is 0 Å². The van der Waals surface area contributed by atoms with Crippen LogP contribution in [-0.4, -0.2) is 68.8 Å². The van der Waals surface area contributed by atoms with E-state index in [2.05, 4.69) is 35.4 Å². The molecule has 2 saturated heterocycles. The minimum Gasteiger partial charge on any atom is -0.401 e. The summed E-state index contributed by atoms with van der Waals surface area (Å²) < 4.78 is 0. The van der Waals surface area contributed by atoms with E-state index < -0.39 is 5.91 Å². The molecule has 1 amide bonds. The van der Waals surface area contributed by atoms with Crippen molar-refractivity contribution in [3.8, 4) is 0 Å². The normalized spacial score (nSPS) is 18.1. The van der Waals surface area contributed by atoms with Gasteiger partial charge in [0.25, 0.3) is 5.91 Å². The van der Waals surface area contributed by atoms with Gasteiger partial charge in [0.15, 0.2) is 11.6 Å². The van der Waals surface area contributed by atoms with Crippen molar-refractivity contribution < 1.29 is 4.79 Å². The summed E-state index contributed by atoms with van der Waals surface area (Å²) in [6.07, 6.45) is 5.28. The highest BCUT2D eigenvalue weighted by atomic mass is 16.1. The zero-order valence-corrected chi connectivity index (χ0v) is 23.5. The Balaban J connectivity index is 1.40. The summed E-state index contributed by atoms with van der Waals surface area (Å²) in [5.41, 5.74) is 15.5. The van der Waals surface area contributed by atoms with Crippen LogP contribution in [0.15, 0.2) is 36.3 Å². The van der Waals surface area contributed by atoms with E-state index in [1.807, 2.05) is 33.8 Å².